The Bertz CT molecular complexity index is 6400. The van der Waals surface area contributed by atoms with Gasteiger partial charge in [-0.1, -0.05) is 66.0 Å². The van der Waals surface area contributed by atoms with Gasteiger partial charge in [-0.2, -0.15) is 9.97 Å². The first-order valence-electron chi connectivity index (χ1n) is 38.0. The van der Waals surface area contributed by atoms with Crippen LogP contribution < -0.4 is 75.6 Å². The SMILES string of the molecule is CC[C@H]1O[C@@H](n2cc(C)c(=O)[nH]c2=O)C[C@H]1OP([O-])(=S)OC[C@H]1O[C@@H](n2cnc3c(N)ncnc32)C[C@H]1OP(=O)([S-])OC[C@H]1O[C@@H](n2cnc3c(N)ncnc32)C[C@H]1OP([O-])(=S)OC[C@H]1O[C@@H](n2cc(C)c(N)nc2=O)C[C@H]1OP([O-])(=S)OC[C@H]1O[C@@H](n2cnc3c(N)ncnc32)C[C@H]1OP([O-])(=S)OC[C@H]1O[C@@H](n2cnc3c(=O)[nH]c(N)nc32)C[C@H]1OP([O-])(=S)OC. The van der Waals surface area contributed by atoms with Crippen LogP contribution in [0.4, 0.5) is 29.2 Å². The number of hydrogen-bond acceptors (Lipinski definition) is 51. The number of nitrogens with zero attached hydrogens (tertiary/aromatic N) is 18. The minimum Gasteiger partial charge on any atom is -0.780 e. The quantitative estimate of drug-likeness (QED) is 0.0180. The average Bonchev–Trinajstić information content (AvgIpc) is 1.63. The molecule has 24 atom stereocenters. The van der Waals surface area contributed by atoms with Gasteiger partial charge in [0.05, 0.1) is 101 Å². The van der Waals surface area contributed by atoms with Crippen molar-refractivity contribution >= 4 is 186 Å². The van der Waals surface area contributed by atoms with E-state index < -0.39 is 207 Å². The predicted molar refractivity (Wildman–Crippen MR) is 449 cm³/mol. The van der Waals surface area contributed by atoms with Gasteiger partial charge in [-0.15, -0.1) is 0 Å². The molecule has 0 bridgehead atoms. The normalized spacial score (nSPS) is 29.3. The predicted octanol–water partition coefficient (Wildman–Crippen LogP) is -1.27. The standard InChI is InChI=1S/C62H81N25O28P6S6/c1-5-28-29(6-40(104-28)83-13-27(3)58(88)81-62(83)91)111-117(93,123)99-16-37-32(9-42(106-37)84-22-74-46-51(64)68-19-71-54(46)84)115-121(97,127)103-18-39-34(11-44(108-39)86-24-76-48-53(66)70-21-73-56(48)86)114-120(96,126)101-15-36-31(7-41(105-36)82-12-26(2)50(63)78-61(82)90)112-118(94,124)102-17-38-33(10-43(107-38)85-23-75-47-52(65)69-20-72-55(47)85)113-119(95,125)100-14-35-30(110-116(92,122)98-4)8-45(109-35)87-25-77-49-57(87)79-60(67)80-59(49)89/h12-13,19-25,28-45H,5-11,14-18H2,1-4H3,(H,92,122)(H,93,123)(H,94,124)(H,95,125)(H,96,126)(H,97,127)(H2,63,78,90)(H2,64,68,71)(H2,65,69,72)(H2,66,70,73)(H,81,88,91)(H3,67,79,80,89)/p-6/t28-,29-,30-,31-,32-,33-,34-,35-,36-,37-,38-,39-,40-,41-,42-,43-,44-,45-,116?,117?,118?,119?,120?,121?/m1/s1. The number of H-pyrrole nitrogens is 2. The van der Waals surface area contributed by atoms with Crippen molar-refractivity contribution in [2.24, 2.45) is 0 Å². The highest BCUT2D eigenvalue weighted by molar-refractivity contribution is 8.32. The van der Waals surface area contributed by atoms with Gasteiger partial charge in [0.25, 0.3) is 11.1 Å². The molecule has 16 heterocycles. The number of hydrogen-bond donors (Lipinski definition) is 7. The van der Waals surface area contributed by atoms with Crippen molar-refractivity contribution in [3.05, 3.63) is 109 Å². The summed E-state index contributed by atoms with van der Waals surface area (Å²) in [5.41, 5.74) is 28.9. The molecule has 10 aromatic heterocycles. The summed E-state index contributed by atoms with van der Waals surface area (Å²) in [5, 5.41) is 0. The maximum absolute atomic E-state index is 14.9. The van der Waals surface area contributed by atoms with Gasteiger partial charge in [0, 0.05) is 69.2 Å². The van der Waals surface area contributed by atoms with E-state index in [1.54, 1.807) is 13.8 Å². The Labute approximate surface area is 744 Å². The van der Waals surface area contributed by atoms with E-state index in [0.717, 1.165) is 11.7 Å². The number of aryl methyl sites for hydroxylation is 2. The molecule has 6 fully saturated rings. The third kappa shape index (κ3) is 21.0. The number of imidazole rings is 4. The van der Waals surface area contributed by atoms with Crippen molar-refractivity contribution in [1.82, 2.24) is 97.2 Å². The van der Waals surface area contributed by atoms with Crippen LogP contribution in [0.3, 0.4) is 0 Å². The first-order chi connectivity index (χ1) is 60.2. The second-order valence-corrected chi connectivity index (χ2v) is 45.6. The molecule has 16 rings (SSSR count). The summed E-state index contributed by atoms with van der Waals surface area (Å²) in [6.45, 7) is -27.1. The Hall–Kier alpha value is -6.53. The van der Waals surface area contributed by atoms with Crippen LogP contribution in [-0.4, -0.2) is 211 Å². The van der Waals surface area contributed by atoms with Gasteiger partial charge in [-0.05, 0) is 20.3 Å². The van der Waals surface area contributed by atoms with E-state index in [4.69, 9.17) is 183 Å². The van der Waals surface area contributed by atoms with Crippen molar-refractivity contribution in [2.45, 2.75) is 176 Å². The van der Waals surface area contributed by atoms with Crippen molar-refractivity contribution in [3.63, 3.8) is 0 Å². The van der Waals surface area contributed by atoms with E-state index in [-0.39, 0.29) is 118 Å². The summed E-state index contributed by atoms with van der Waals surface area (Å²) in [4.78, 5) is 178. The Kier molecular flexibility index (Phi) is 27.7. The second-order valence-electron chi connectivity index (χ2n) is 29.3. The van der Waals surface area contributed by atoms with E-state index in [2.05, 4.69) is 69.8 Å². The molecule has 0 radical (unpaired) electrons. The monoisotopic (exact) mass is 2000 g/mol. The third-order valence-electron chi connectivity index (χ3n) is 21.1. The Morgan fingerprint density at radius 1 is 0.417 bits per heavy atom. The molecule has 6 saturated heterocycles. The topological polar surface area (TPSA) is 713 Å². The first kappa shape index (κ1) is 93.7. The van der Waals surface area contributed by atoms with Crippen LogP contribution in [0.5, 0.6) is 0 Å². The van der Waals surface area contributed by atoms with E-state index in [1.165, 1.54) is 86.4 Å². The summed E-state index contributed by atoms with van der Waals surface area (Å²) in [7, 11) is 1.06. The number of ether oxygens (including phenoxy) is 6. The lowest BCUT2D eigenvalue weighted by molar-refractivity contribution is -0.221. The van der Waals surface area contributed by atoms with Gasteiger partial charge in [-0.25, -0.2) is 59.4 Å². The van der Waals surface area contributed by atoms with Crippen LogP contribution in [-0.2, 0) is 159 Å². The van der Waals surface area contributed by atoms with Gasteiger partial charge in [0.2, 0.25) is 5.95 Å². The molecular formula is C62H75N25O28P6S6-6. The molecule has 6 aliphatic rings. The molecule has 10 aromatic rings. The third-order valence-corrected chi connectivity index (χ3v) is 30.6. The highest BCUT2D eigenvalue weighted by Crippen LogP contribution is 2.56. The molecule has 65 heteroatoms. The number of nitrogens with one attached hydrogen (secondary N) is 2. The minimum absolute atomic E-state index is 0.00191. The number of rotatable bonds is 35. The van der Waals surface area contributed by atoms with Crippen molar-refractivity contribution in [1.29, 1.82) is 0 Å². The van der Waals surface area contributed by atoms with Gasteiger partial charge in [-0.3, -0.25) is 51.5 Å². The number of aromatic amines is 2. The van der Waals surface area contributed by atoms with Gasteiger partial charge >= 0.3 is 11.4 Å². The molecular weight excluding hydrogens is 1920 g/mol. The van der Waals surface area contributed by atoms with E-state index >= 15 is 0 Å². The number of aromatic nitrogens is 20. The van der Waals surface area contributed by atoms with E-state index in [9.17, 15) is 48.2 Å². The van der Waals surface area contributed by atoms with Gasteiger partial charge in [0.15, 0.2) is 52.4 Å². The molecule has 127 heavy (non-hydrogen) atoms. The van der Waals surface area contributed by atoms with Crippen LogP contribution in [0, 0.1) is 13.8 Å². The smallest absolute Gasteiger partial charge is 0.351 e. The average molecular weight is 2000 g/mol. The van der Waals surface area contributed by atoms with Crippen molar-refractivity contribution < 1.29 is 112 Å². The summed E-state index contributed by atoms with van der Waals surface area (Å²) < 4.78 is 131. The molecule has 12 N–H and O–H groups in total. The summed E-state index contributed by atoms with van der Waals surface area (Å²) in [6.07, 6.45) is -11.8. The maximum Gasteiger partial charge on any atom is 0.351 e. The first-order valence-corrected chi connectivity index (χ1v) is 53.4. The van der Waals surface area contributed by atoms with Gasteiger partial charge < -0.3 is 148 Å². The maximum atomic E-state index is 14.9. The fourth-order valence-electron chi connectivity index (χ4n) is 15.0. The zero-order chi connectivity index (χ0) is 90.3. The molecule has 0 saturated carbocycles. The number of nitrogens with two attached hydrogens (primary N) is 5. The lowest BCUT2D eigenvalue weighted by Gasteiger charge is -2.36. The van der Waals surface area contributed by atoms with Crippen molar-refractivity contribution in [3.8, 4) is 0 Å². The highest BCUT2D eigenvalue weighted by Gasteiger charge is 2.48. The molecule has 0 spiro atoms. The Balaban J connectivity index is 0.612. The molecule has 53 nitrogen and oxygen atoms in total. The number of fused-ring (bicyclic) bond motifs is 4. The fourth-order valence-corrected chi connectivity index (χ4v) is 23.3. The van der Waals surface area contributed by atoms with Crippen molar-refractivity contribution in [2.75, 3.05) is 68.8 Å². The summed E-state index contributed by atoms with van der Waals surface area (Å²) >= 11 is 32.7. The fraction of sp³-hybridized carbons (Fsp3) is 0.548. The Morgan fingerprint density at radius 2 is 0.748 bits per heavy atom. The van der Waals surface area contributed by atoms with E-state index in [0.29, 0.717) is 12.0 Å². The lowest BCUT2D eigenvalue weighted by atomic mass is 10.1. The van der Waals surface area contributed by atoms with Gasteiger partial charge in [0.1, 0.15) is 143 Å². The molecule has 6 unspecified atom stereocenters. The number of nitrogen functional groups attached to an aromatic ring is 5. The lowest BCUT2D eigenvalue weighted by Crippen LogP contribution is -2.34. The molecule has 0 aliphatic carbocycles. The highest BCUT2D eigenvalue weighted by atomic mass is 32.7. The molecule has 0 aromatic carbocycles. The molecule has 688 valence electrons. The van der Waals surface area contributed by atoms with Crippen LogP contribution in [0.2, 0.25) is 0 Å². The van der Waals surface area contributed by atoms with Crippen LogP contribution in [0.25, 0.3) is 44.7 Å². The van der Waals surface area contributed by atoms with E-state index in [1.807, 2.05) is 0 Å². The van der Waals surface area contributed by atoms with Crippen LogP contribution >= 0.6 is 40.4 Å². The molecule has 0 amide bonds. The molecule has 6 aliphatic heterocycles. The largest absolute Gasteiger partial charge is 0.780 e. The summed E-state index contributed by atoms with van der Waals surface area (Å²) in [5.74, 6) is -0.321. The second kappa shape index (κ2) is 37.5. The summed E-state index contributed by atoms with van der Waals surface area (Å²) in [6, 6.07) is 0. The zero-order valence-electron chi connectivity index (χ0n) is 66.1. The Morgan fingerprint density at radius 3 is 1.14 bits per heavy atom. The minimum atomic E-state index is -4.92. The number of anilines is 5. The van der Waals surface area contributed by atoms with Crippen LogP contribution in [0.15, 0.2) is 75.9 Å². The van der Waals surface area contributed by atoms with Crippen LogP contribution in [0.1, 0.15) is 100 Å². The zero-order valence-corrected chi connectivity index (χ0v) is 76.3.